The van der Waals surface area contributed by atoms with Gasteiger partial charge in [-0.1, -0.05) is 13.3 Å². The fourth-order valence-corrected chi connectivity index (χ4v) is 1.43. The van der Waals surface area contributed by atoms with Gasteiger partial charge in [0.1, 0.15) is 6.23 Å². The van der Waals surface area contributed by atoms with Gasteiger partial charge in [0.05, 0.1) is 6.61 Å². The van der Waals surface area contributed by atoms with Crippen molar-refractivity contribution in [3.8, 4) is 0 Å². The molecule has 1 heterocycles. The largest absolute Gasteiger partial charge is 0.364 e. The van der Waals surface area contributed by atoms with Crippen LogP contribution in [0.25, 0.3) is 0 Å². The van der Waals surface area contributed by atoms with Gasteiger partial charge in [-0.3, -0.25) is 5.32 Å². The SMILES string of the molecule is CCCC1CCOC(C)N1. The molecule has 2 atom stereocenters. The molecule has 2 unspecified atom stereocenters. The van der Waals surface area contributed by atoms with Crippen molar-refractivity contribution >= 4 is 0 Å². The summed E-state index contributed by atoms with van der Waals surface area (Å²) in [6.45, 7) is 5.22. The first kappa shape index (κ1) is 8.02. The molecule has 1 N–H and O–H groups in total. The fraction of sp³-hybridized carbons (Fsp3) is 1.00. The molecule has 0 aromatic carbocycles. The van der Waals surface area contributed by atoms with E-state index in [-0.39, 0.29) is 6.23 Å². The highest BCUT2D eigenvalue weighted by Gasteiger charge is 2.16. The van der Waals surface area contributed by atoms with Gasteiger partial charge in [-0.15, -0.1) is 0 Å². The number of nitrogens with one attached hydrogen (secondary N) is 1. The lowest BCUT2D eigenvalue weighted by molar-refractivity contribution is -0.00763. The molecule has 0 amide bonds. The molecule has 0 radical (unpaired) electrons. The Morgan fingerprint density at radius 3 is 3.00 bits per heavy atom. The molecule has 0 aliphatic carbocycles. The predicted molar refractivity (Wildman–Crippen MR) is 41.9 cm³/mol. The Balaban J connectivity index is 2.18. The first-order valence-electron chi connectivity index (χ1n) is 4.20. The van der Waals surface area contributed by atoms with Crippen molar-refractivity contribution in [2.75, 3.05) is 6.61 Å². The van der Waals surface area contributed by atoms with Gasteiger partial charge in [-0.05, 0) is 19.8 Å². The summed E-state index contributed by atoms with van der Waals surface area (Å²) in [4.78, 5) is 0. The molecule has 1 aliphatic heterocycles. The molecular formula is C8H17NO. The third kappa shape index (κ3) is 2.27. The number of hydrogen-bond acceptors (Lipinski definition) is 2. The molecule has 2 nitrogen and oxygen atoms in total. The third-order valence-corrected chi connectivity index (χ3v) is 1.94. The van der Waals surface area contributed by atoms with Crippen LogP contribution in [0.3, 0.4) is 0 Å². The lowest BCUT2D eigenvalue weighted by atomic mass is 10.1. The van der Waals surface area contributed by atoms with Crippen molar-refractivity contribution in [1.82, 2.24) is 5.32 Å². The van der Waals surface area contributed by atoms with Crippen molar-refractivity contribution in [3.63, 3.8) is 0 Å². The van der Waals surface area contributed by atoms with Crippen LogP contribution in [0.15, 0.2) is 0 Å². The summed E-state index contributed by atoms with van der Waals surface area (Å²) in [6, 6.07) is 0.703. The van der Waals surface area contributed by atoms with Gasteiger partial charge in [0.2, 0.25) is 0 Å². The Morgan fingerprint density at radius 1 is 1.60 bits per heavy atom. The summed E-state index contributed by atoms with van der Waals surface area (Å²) in [5.41, 5.74) is 0. The molecule has 0 spiro atoms. The summed E-state index contributed by atoms with van der Waals surface area (Å²) in [5.74, 6) is 0. The Labute approximate surface area is 63.0 Å². The molecule has 0 aromatic rings. The van der Waals surface area contributed by atoms with Gasteiger partial charge in [0.25, 0.3) is 0 Å². The third-order valence-electron chi connectivity index (χ3n) is 1.94. The quantitative estimate of drug-likeness (QED) is 0.632. The minimum atomic E-state index is 0.269. The van der Waals surface area contributed by atoms with E-state index in [2.05, 4.69) is 19.2 Å². The van der Waals surface area contributed by atoms with Crippen LogP contribution in [0.5, 0.6) is 0 Å². The molecule has 10 heavy (non-hydrogen) atoms. The van der Waals surface area contributed by atoms with Crippen LogP contribution in [-0.4, -0.2) is 18.9 Å². The van der Waals surface area contributed by atoms with E-state index in [1.165, 1.54) is 19.3 Å². The van der Waals surface area contributed by atoms with Crippen LogP contribution in [-0.2, 0) is 4.74 Å². The van der Waals surface area contributed by atoms with E-state index in [0.717, 1.165) is 6.61 Å². The average Bonchev–Trinajstić information content (AvgIpc) is 1.88. The normalized spacial score (nSPS) is 34.2. The maximum atomic E-state index is 5.34. The van der Waals surface area contributed by atoms with Crippen LogP contribution < -0.4 is 5.32 Å². The molecular weight excluding hydrogens is 126 g/mol. The standard InChI is InChI=1S/C8H17NO/c1-3-4-8-5-6-10-7(2)9-8/h7-9H,3-6H2,1-2H3. The van der Waals surface area contributed by atoms with Crippen molar-refractivity contribution in [2.24, 2.45) is 0 Å². The van der Waals surface area contributed by atoms with Crippen molar-refractivity contribution in [1.29, 1.82) is 0 Å². The Morgan fingerprint density at radius 2 is 2.40 bits per heavy atom. The molecule has 60 valence electrons. The summed E-state index contributed by atoms with van der Waals surface area (Å²) in [7, 11) is 0. The lowest BCUT2D eigenvalue weighted by Gasteiger charge is -2.28. The molecule has 2 heteroatoms. The van der Waals surface area contributed by atoms with Gasteiger partial charge in [-0.25, -0.2) is 0 Å². The van der Waals surface area contributed by atoms with E-state index in [4.69, 9.17) is 4.74 Å². The minimum Gasteiger partial charge on any atom is -0.364 e. The van der Waals surface area contributed by atoms with Crippen molar-refractivity contribution in [3.05, 3.63) is 0 Å². The summed E-state index contributed by atoms with van der Waals surface area (Å²) in [6.07, 6.45) is 4.00. The predicted octanol–water partition coefficient (Wildman–Crippen LogP) is 1.51. The summed E-state index contributed by atoms with van der Waals surface area (Å²) in [5, 5.41) is 3.40. The molecule has 1 aliphatic rings. The Kier molecular flexibility index (Phi) is 3.16. The molecule has 0 bridgehead atoms. The van der Waals surface area contributed by atoms with Gasteiger partial charge < -0.3 is 4.74 Å². The van der Waals surface area contributed by atoms with Crippen LogP contribution in [0.4, 0.5) is 0 Å². The Hall–Kier alpha value is -0.0800. The van der Waals surface area contributed by atoms with Crippen molar-refractivity contribution < 1.29 is 4.74 Å². The van der Waals surface area contributed by atoms with E-state index >= 15 is 0 Å². The first-order valence-corrected chi connectivity index (χ1v) is 4.20. The average molecular weight is 143 g/mol. The van der Waals surface area contributed by atoms with Gasteiger partial charge in [-0.2, -0.15) is 0 Å². The highest BCUT2D eigenvalue weighted by Crippen LogP contribution is 2.08. The zero-order valence-corrected chi connectivity index (χ0v) is 6.89. The zero-order valence-electron chi connectivity index (χ0n) is 6.89. The first-order chi connectivity index (χ1) is 4.83. The molecule has 1 fully saturated rings. The number of hydrogen-bond donors (Lipinski definition) is 1. The van der Waals surface area contributed by atoms with Crippen LogP contribution >= 0.6 is 0 Å². The number of rotatable bonds is 2. The van der Waals surface area contributed by atoms with Gasteiger partial charge in [0, 0.05) is 6.04 Å². The monoisotopic (exact) mass is 143 g/mol. The second-order valence-electron chi connectivity index (χ2n) is 2.95. The fourth-order valence-electron chi connectivity index (χ4n) is 1.43. The smallest absolute Gasteiger partial charge is 0.105 e. The number of ether oxygens (including phenoxy) is 1. The highest BCUT2D eigenvalue weighted by atomic mass is 16.5. The van der Waals surface area contributed by atoms with Crippen molar-refractivity contribution in [2.45, 2.75) is 45.4 Å². The summed E-state index contributed by atoms with van der Waals surface area (Å²) >= 11 is 0. The highest BCUT2D eigenvalue weighted by molar-refractivity contribution is 4.70. The van der Waals surface area contributed by atoms with Crippen LogP contribution in [0, 0.1) is 0 Å². The van der Waals surface area contributed by atoms with Crippen LogP contribution in [0.2, 0.25) is 0 Å². The van der Waals surface area contributed by atoms with E-state index < -0.39 is 0 Å². The second kappa shape index (κ2) is 3.94. The molecule has 0 aromatic heterocycles. The molecule has 1 saturated heterocycles. The zero-order chi connectivity index (χ0) is 7.40. The van der Waals surface area contributed by atoms with E-state index in [9.17, 15) is 0 Å². The Bertz CT molecular complexity index is 93.3. The van der Waals surface area contributed by atoms with Gasteiger partial charge in [0.15, 0.2) is 0 Å². The van der Waals surface area contributed by atoms with E-state index in [1.807, 2.05) is 0 Å². The van der Waals surface area contributed by atoms with E-state index in [0.29, 0.717) is 6.04 Å². The molecule has 1 rings (SSSR count). The second-order valence-corrected chi connectivity index (χ2v) is 2.95. The summed E-state index contributed by atoms with van der Waals surface area (Å²) < 4.78 is 5.34. The topological polar surface area (TPSA) is 21.3 Å². The van der Waals surface area contributed by atoms with E-state index in [1.54, 1.807) is 0 Å². The molecule has 0 saturated carbocycles. The van der Waals surface area contributed by atoms with Gasteiger partial charge >= 0.3 is 0 Å². The minimum absolute atomic E-state index is 0.269. The lowest BCUT2D eigenvalue weighted by Crippen LogP contribution is -2.43. The maximum Gasteiger partial charge on any atom is 0.105 e. The maximum absolute atomic E-state index is 5.34. The van der Waals surface area contributed by atoms with Crippen LogP contribution in [0.1, 0.15) is 33.1 Å².